The average molecular weight is 547 g/mol. The fraction of sp³-hybridized carbons (Fsp3) is 0.226. The van der Waals surface area contributed by atoms with E-state index in [0.29, 0.717) is 36.3 Å². The van der Waals surface area contributed by atoms with E-state index in [0.717, 1.165) is 34.7 Å². The van der Waals surface area contributed by atoms with Crippen molar-refractivity contribution in [1.29, 1.82) is 5.26 Å². The van der Waals surface area contributed by atoms with Crippen molar-refractivity contribution in [3.05, 3.63) is 105 Å². The molecular weight excluding hydrogens is 521 g/mol. The fourth-order valence-electron chi connectivity index (χ4n) is 4.81. The van der Waals surface area contributed by atoms with Crippen LogP contribution in [0.1, 0.15) is 34.7 Å². The number of benzene rings is 3. The molecule has 40 heavy (non-hydrogen) atoms. The smallest absolute Gasteiger partial charge is 0.416 e. The molecule has 0 spiro atoms. The lowest BCUT2D eigenvalue weighted by Crippen LogP contribution is -2.29. The van der Waals surface area contributed by atoms with Gasteiger partial charge in [-0.15, -0.1) is 0 Å². The SMILES string of the molecule is CCc1c(OCc2ccc(C#N)c(Oc3cccc(C(F)(F)F)c3)c2)cc2n(c1=O)CCc1cc(OC)ccc1-2. The summed E-state index contributed by atoms with van der Waals surface area (Å²) in [5, 5.41) is 9.52. The van der Waals surface area contributed by atoms with E-state index < -0.39 is 11.7 Å². The lowest BCUT2D eigenvalue weighted by molar-refractivity contribution is -0.137. The molecule has 3 aromatic carbocycles. The second kappa shape index (κ2) is 10.8. The van der Waals surface area contributed by atoms with Crippen molar-refractivity contribution in [2.24, 2.45) is 0 Å². The Hall–Kier alpha value is -4.71. The Morgan fingerprint density at radius 2 is 1.82 bits per heavy atom. The first-order valence-electron chi connectivity index (χ1n) is 12.7. The molecule has 0 saturated carbocycles. The molecular formula is C31H25F3N2O4. The molecule has 0 amide bonds. The first-order chi connectivity index (χ1) is 19.2. The number of nitrogens with zero attached hydrogens (tertiary/aromatic N) is 2. The highest BCUT2D eigenvalue weighted by Crippen LogP contribution is 2.36. The van der Waals surface area contributed by atoms with Gasteiger partial charge in [0.05, 0.1) is 29.5 Å². The third-order valence-corrected chi connectivity index (χ3v) is 6.86. The molecule has 5 rings (SSSR count). The van der Waals surface area contributed by atoms with E-state index >= 15 is 0 Å². The number of hydrogen-bond acceptors (Lipinski definition) is 5. The van der Waals surface area contributed by atoms with Crippen molar-refractivity contribution in [3.63, 3.8) is 0 Å². The van der Waals surface area contributed by atoms with E-state index in [2.05, 4.69) is 0 Å². The number of alkyl halides is 3. The molecule has 0 radical (unpaired) electrons. The monoisotopic (exact) mass is 546 g/mol. The number of methoxy groups -OCH3 is 1. The molecule has 0 bridgehead atoms. The Morgan fingerprint density at radius 1 is 1.00 bits per heavy atom. The van der Waals surface area contributed by atoms with E-state index in [-0.39, 0.29) is 29.2 Å². The lowest BCUT2D eigenvalue weighted by atomic mass is 9.96. The van der Waals surface area contributed by atoms with E-state index in [1.54, 1.807) is 23.8 Å². The number of pyridine rings is 1. The largest absolute Gasteiger partial charge is 0.497 e. The second-order valence-corrected chi connectivity index (χ2v) is 9.31. The molecule has 1 aliphatic heterocycles. The molecule has 2 heterocycles. The Morgan fingerprint density at radius 3 is 2.55 bits per heavy atom. The van der Waals surface area contributed by atoms with Crippen molar-refractivity contribution >= 4 is 0 Å². The van der Waals surface area contributed by atoms with Crippen LogP contribution in [0.15, 0.2) is 71.5 Å². The number of aryl methyl sites for hydroxylation is 1. The quantitative estimate of drug-likeness (QED) is 0.252. The van der Waals surface area contributed by atoms with Crippen molar-refractivity contribution in [2.75, 3.05) is 7.11 Å². The number of aromatic nitrogens is 1. The molecule has 204 valence electrons. The summed E-state index contributed by atoms with van der Waals surface area (Å²) >= 11 is 0. The van der Waals surface area contributed by atoms with Gasteiger partial charge >= 0.3 is 6.18 Å². The topological polar surface area (TPSA) is 73.5 Å². The second-order valence-electron chi connectivity index (χ2n) is 9.31. The van der Waals surface area contributed by atoms with E-state index in [4.69, 9.17) is 14.2 Å². The molecule has 1 aromatic heterocycles. The summed E-state index contributed by atoms with van der Waals surface area (Å²) in [5.41, 5.74) is 3.15. The van der Waals surface area contributed by atoms with E-state index in [1.165, 1.54) is 18.2 Å². The predicted molar refractivity (Wildman–Crippen MR) is 143 cm³/mol. The van der Waals surface area contributed by atoms with Crippen LogP contribution in [0.4, 0.5) is 13.2 Å². The normalized spacial score (nSPS) is 12.2. The molecule has 0 atom stereocenters. The van der Waals surface area contributed by atoms with Crippen molar-refractivity contribution < 1.29 is 27.4 Å². The van der Waals surface area contributed by atoms with Crippen LogP contribution in [0.3, 0.4) is 0 Å². The van der Waals surface area contributed by atoms with Gasteiger partial charge < -0.3 is 18.8 Å². The summed E-state index contributed by atoms with van der Waals surface area (Å²) in [5.74, 6) is 1.26. The third kappa shape index (κ3) is 5.25. The molecule has 0 aliphatic carbocycles. The fourth-order valence-corrected chi connectivity index (χ4v) is 4.81. The Balaban J connectivity index is 1.44. The Labute approximate surface area is 228 Å². The minimum Gasteiger partial charge on any atom is -0.497 e. The maximum Gasteiger partial charge on any atom is 0.416 e. The molecule has 0 N–H and O–H groups in total. The summed E-state index contributed by atoms with van der Waals surface area (Å²) in [6.45, 7) is 2.49. The average Bonchev–Trinajstić information content (AvgIpc) is 2.95. The summed E-state index contributed by atoms with van der Waals surface area (Å²) < 4.78 is 58.3. The molecule has 1 aliphatic rings. The van der Waals surface area contributed by atoms with Crippen LogP contribution >= 0.6 is 0 Å². The standard InChI is InChI=1S/C31H25F3N2O4/c1-3-25-29(16-27-26-10-9-23(38-2)14-20(26)11-12-36(27)30(25)37)39-18-19-7-8-21(17-35)28(13-19)40-24-6-4-5-22(15-24)31(32,33)34/h4-10,13-16H,3,11-12,18H2,1-2H3. The number of nitriles is 1. The Kier molecular flexibility index (Phi) is 7.26. The molecule has 0 saturated heterocycles. The van der Waals surface area contributed by atoms with Crippen LogP contribution < -0.4 is 19.8 Å². The van der Waals surface area contributed by atoms with Crippen molar-refractivity contribution in [2.45, 2.75) is 39.1 Å². The van der Waals surface area contributed by atoms with Crippen LogP contribution in [0.2, 0.25) is 0 Å². The molecule has 0 unspecified atom stereocenters. The number of fused-ring (bicyclic) bond motifs is 3. The predicted octanol–water partition coefficient (Wildman–Crippen LogP) is 6.90. The highest BCUT2D eigenvalue weighted by molar-refractivity contribution is 5.69. The zero-order valence-electron chi connectivity index (χ0n) is 21.8. The maximum atomic E-state index is 13.4. The van der Waals surface area contributed by atoms with E-state index in [1.807, 2.05) is 37.3 Å². The van der Waals surface area contributed by atoms with Crippen LogP contribution in [-0.2, 0) is 32.2 Å². The van der Waals surface area contributed by atoms with Crippen LogP contribution in [0.25, 0.3) is 11.3 Å². The first-order valence-corrected chi connectivity index (χ1v) is 12.7. The first kappa shape index (κ1) is 26.9. The van der Waals surface area contributed by atoms with Crippen LogP contribution in [0.5, 0.6) is 23.0 Å². The van der Waals surface area contributed by atoms with Crippen molar-refractivity contribution in [3.8, 4) is 40.3 Å². The maximum absolute atomic E-state index is 13.4. The summed E-state index contributed by atoms with van der Waals surface area (Å²) in [7, 11) is 1.61. The van der Waals surface area contributed by atoms with Gasteiger partial charge in [-0.3, -0.25) is 4.79 Å². The zero-order chi connectivity index (χ0) is 28.4. The number of rotatable bonds is 7. The Bertz CT molecular complexity index is 1690. The highest BCUT2D eigenvalue weighted by Gasteiger charge is 2.30. The van der Waals surface area contributed by atoms with Gasteiger partial charge in [-0.25, -0.2) is 0 Å². The van der Waals surface area contributed by atoms with Gasteiger partial charge in [0.25, 0.3) is 5.56 Å². The van der Waals surface area contributed by atoms with Crippen LogP contribution in [0, 0.1) is 11.3 Å². The van der Waals surface area contributed by atoms with Gasteiger partial charge in [-0.1, -0.05) is 19.1 Å². The number of hydrogen-bond donors (Lipinski definition) is 0. The van der Waals surface area contributed by atoms with Gasteiger partial charge in [-0.2, -0.15) is 18.4 Å². The van der Waals surface area contributed by atoms with Crippen molar-refractivity contribution in [1.82, 2.24) is 4.57 Å². The molecule has 6 nitrogen and oxygen atoms in total. The summed E-state index contributed by atoms with van der Waals surface area (Å²) in [4.78, 5) is 13.4. The third-order valence-electron chi connectivity index (χ3n) is 6.86. The van der Waals surface area contributed by atoms with Gasteiger partial charge in [0.2, 0.25) is 0 Å². The van der Waals surface area contributed by atoms with Gasteiger partial charge in [-0.05, 0) is 72.5 Å². The molecule has 9 heteroatoms. The minimum absolute atomic E-state index is 0.0457. The number of ether oxygens (including phenoxy) is 3. The van der Waals surface area contributed by atoms with E-state index in [9.17, 15) is 23.2 Å². The van der Waals surface area contributed by atoms with Gasteiger partial charge in [0.1, 0.15) is 35.7 Å². The summed E-state index contributed by atoms with van der Waals surface area (Å²) in [6, 6.07) is 18.8. The van der Waals surface area contributed by atoms with Gasteiger partial charge in [0.15, 0.2) is 0 Å². The van der Waals surface area contributed by atoms with Crippen LogP contribution in [-0.4, -0.2) is 11.7 Å². The summed E-state index contributed by atoms with van der Waals surface area (Å²) in [6.07, 6.45) is -3.34. The zero-order valence-corrected chi connectivity index (χ0v) is 21.8. The minimum atomic E-state index is -4.52. The highest BCUT2D eigenvalue weighted by atomic mass is 19.4. The van der Waals surface area contributed by atoms with Gasteiger partial charge in [0, 0.05) is 18.2 Å². The lowest BCUT2D eigenvalue weighted by Gasteiger charge is -2.24. The molecule has 4 aromatic rings. The molecule has 0 fully saturated rings. The number of halogens is 3.